The highest BCUT2D eigenvalue weighted by atomic mass is 16.7. The van der Waals surface area contributed by atoms with Crippen molar-refractivity contribution in [1.29, 1.82) is 0 Å². The van der Waals surface area contributed by atoms with Crippen molar-refractivity contribution in [2.75, 3.05) is 5.73 Å². The summed E-state index contributed by atoms with van der Waals surface area (Å²) in [5, 5.41) is 0. The van der Waals surface area contributed by atoms with Gasteiger partial charge in [-0.2, -0.15) is 0 Å². The molecular weight excluding hydrogens is 237 g/mol. The van der Waals surface area contributed by atoms with Crippen molar-refractivity contribution < 1.29 is 9.31 Å². The van der Waals surface area contributed by atoms with Gasteiger partial charge in [0.15, 0.2) is 0 Å². The predicted molar refractivity (Wildman–Crippen MR) is 82.7 cm³/mol. The molecular formula is C15H26BNO2. The summed E-state index contributed by atoms with van der Waals surface area (Å²) in [7, 11) is -0.374. The number of benzene rings is 1. The first kappa shape index (κ1) is 16.1. The van der Waals surface area contributed by atoms with Crippen LogP contribution in [0.5, 0.6) is 0 Å². The average Bonchev–Trinajstić information content (AvgIpc) is 2.50. The molecule has 0 spiro atoms. The second kappa shape index (κ2) is 5.55. The van der Waals surface area contributed by atoms with Gasteiger partial charge in [-0.05, 0) is 46.2 Å². The molecule has 106 valence electrons. The van der Waals surface area contributed by atoms with E-state index in [-0.39, 0.29) is 18.3 Å². The van der Waals surface area contributed by atoms with Crippen molar-refractivity contribution in [1.82, 2.24) is 0 Å². The van der Waals surface area contributed by atoms with E-state index in [4.69, 9.17) is 15.0 Å². The van der Waals surface area contributed by atoms with Gasteiger partial charge >= 0.3 is 7.12 Å². The van der Waals surface area contributed by atoms with Crippen LogP contribution < -0.4 is 11.2 Å². The number of rotatable bonds is 1. The minimum Gasteiger partial charge on any atom is -0.399 e. The number of nitrogens with two attached hydrogens (primary N) is 1. The van der Waals surface area contributed by atoms with Gasteiger partial charge in [0.25, 0.3) is 0 Å². The normalized spacial score (nSPS) is 19.8. The number of hydrogen-bond donors (Lipinski definition) is 1. The summed E-state index contributed by atoms with van der Waals surface area (Å²) in [6.07, 6.45) is 0. The lowest BCUT2D eigenvalue weighted by molar-refractivity contribution is 0.00578. The SMILES string of the molecule is CC.Cc1ccc(B2OC(C)(C)C(C)(C)O2)c(N)c1. The molecule has 1 aliphatic rings. The van der Waals surface area contributed by atoms with Gasteiger partial charge in [-0.15, -0.1) is 0 Å². The molecule has 2 N–H and O–H groups in total. The third-order valence-corrected chi connectivity index (χ3v) is 3.75. The Hall–Kier alpha value is -0.995. The molecule has 0 aliphatic carbocycles. The van der Waals surface area contributed by atoms with E-state index in [1.165, 1.54) is 0 Å². The zero-order chi connectivity index (χ0) is 14.8. The van der Waals surface area contributed by atoms with E-state index in [1.54, 1.807) is 0 Å². The van der Waals surface area contributed by atoms with Crippen LogP contribution in [0.1, 0.15) is 47.1 Å². The van der Waals surface area contributed by atoms with Crippen LogP contribution in [0.25, 0.3) is 0 Å². The van der Waals surface area contributed by atoms with Gasteiger partial charge < -0.3 is 15.0 Å². The molecule has 1 fully saturated rings. The minimum absolute atomic E-state index is 0.324. The minimum atomic E-state index is -0.374. The fourth-order valence-corrected chi connectivity index (χ4v) is 1.88. The third-order valence-electron chi connectivity index (χ3n) is 3.75. The summed E-state index contributed by atoms with van der Waals surface area (Å²) in [6, 6.07) is 5.95. The van der Waals surface area contributed by atoms with Crippen LogP contribution in [-0.4, -0.2) is 18.3 Å². The van der Waals surface area contributed by atoms with Crippen LogP contribution >= 0.6 is 0 Å². The molecule has 0 aromatic heterocycles. The number of nitrogen functional groups attached to an aromatic ring is 1. The second-order valence-corrected chi connectivity index (χ2v) is 5.72. The lowest BCUT2D eigenvalue weighted by Gasteiger charge is -2.32. The molecule has 0 radical (unpaired) electrons. The Morgan fingerprint density at radius 3 is 1.89 bits per heavy atom. The van der Waals surface area contributed by atoms with Crippen molar-refractivity contribution in [3.63, 3.8) is 0 Å². The van der Waals surface area contributed by atoms with Gasteiger partial charge in [-0.1, -0.05) is 26.0 Å². The Bertz CT molecular complexity index is 428. The molecule has 3 nitrogen and oxygen atoms in total. The van der Waals surface area contributed by atoms with Crippen LogP contribution in [0.2, 0.25) is 0 Å². The molecule has 0 bridgehead atoms. The Morgan fingerprint density at radius 1 is 1.00 bits per heavy atom. The van der Waals surface area contributed by atoms with Gasteiger partial charge in [0, 0.05) is 11.2 Å². The van der Waals surface area contributed by atoms with Gasteiger partial charge in [-0.25, -0.2) is 0 Å². The Morgan fingerprint density at radius 2 is 1.47 bits per heavy atom. The van der Waals surface area contributed by atoms with Crippen LogP contribution in [0.15, 0.2) is 18.2 Å². The van der Waals surface area contributed by atoms with E-state index >= 15 is 0 Å². The Labute approximate surface area is 117 Å². The summed E-state index contributed by atoms with van der Waals surface area (Å²) < 4.78 is 11.9. The fraction of sp³-hybridized carbons (Fsp3) is 0.600. The molecule has 1 aliphatic heterocycles. The summed E-state index contributed by atoms with van der Waals surface area (Å²) in [4.78, 5) is 0. The highest BCUT2D eigenvalue weighted by Crippen LogP contribution is 2.36. The maximum atomic E-state index is 6.02. The molecule has 1 aromatic rings. The zero-order valence-corrected chi connectivity index (χ0v) is 13.2. The van der Waals surface area contributed by atoms with Crippen molar-refractivity contribution in [2.24, 2.45) is 0 Å². The first-order chi connectivity index (χ1) is 8.73. The zero-order valence-electron chi connectivity index (χ0n) is 13.2. The summed E-state index contributed by atoms with van der Waals surface area (Å²) in [6.45, 7) is 14.2. The molecule has 2 rings (SSSR count). The van der Waals surface area contributed by atoms with E-state index in [9.17, 15) is 0 Å². The van der Waals surface area contributed by atoms with E-state index in [2.05, 4.69) is 0 Å². The van der Waals surface area contributed by atoms with E-state index in [0.29, 0.717) is 0 Å². The fourth-order valence-electron chi connectivity index (χ4n) is 1.88. The molecule has 0 atom stereocenters. The molecule has 0 saturated carbocycles. The van der Waals surface area contributed by atoms with Crippen molar-refractivity contribution in [3.8, 4) is 0 Å². The maximum absolute atomic E-state index is 6.02. The van der Waals surface area contributed by atoms with Crippen molar-refractivity contribution >= 4 is 18.3 Å². The van der Waals surface area contributed by atoms with Crippen LogP contribution in [0.3, 0.4) is 0 Å². The van der Waals surface area contributed by atoms with Crippen LogP contribution in [0.4, 0.5) is 5.69 Å². The molecule has 19 heavy (non-hydrogen) atoms. The van der Waals surface area contributed by atoms with E-state index in [0.717, 1.165) is 16.7 Å². The van der Waals surface area contributed by atoms with E-state index < -0.39 is 0 Å². The Kier molecular flexibility index (Phi) is 4.69. The highest BCUT2D eigenvalue weighted by molar-refractivity contribution is 6.63. The number of anilines is 1. The summed E-state index contributed by atoms with van der Waals surface area (Å²) >= 11 is 0. The second-order valence-electron chi connectivity index (χ2n) is 5.72. The molecule has 1 saturated heterocycles. The van der Waals surface area contributed by atoms with Crippen LogP contribution in [0, 0.1) is 6.92 Å². The van der Waals surface area contributed by atoms with Crippen molar-refractivity contribution in [3.05, 3.63) is 23.8 Å². The van der Waals surface area contributed by atoms with Crippen LogP contribution in [-0.2, 0) is 9.31 Å². The third kappa shape index (κ3) is 3.12. The molecule has 1 heterocycles. The van der Waals surface area contributed by atoms with Gasteiger partial charge in [0.1, 0.15) is 0 Å². The summed E-state index contributed by atoms with van der Waals surface area (Å²) in [5.74, 6) is 0. The number of aryl methyl sites for hydroxylation is 1. The molecule has 1 aromatic carbocycles. The lowest BCUT2D eigenvalue weighted by atomic mass is 9.77. The first-order valence-electron chi connectivity index (χ1n) is 6.95. The first-order valence-corrected chi connectivity index (χ1v) is 6.95. The number of hydrogen-bond acceptors (Lipinski definition) is 3. The largest absolute Gasteiger partial charge is 0.496 e. The van der Waals surface area contributed by atoms with Gasteiger partial charge in [0.05, 0.1) is 11.2 Å². The highest BCUT2D eigenvalue weighted by Gasteiger charge is 2.52. The van der Waals surface area contributed by atoms with E-state index in [1.807, 2.05) is 66.7 Å². The molecule has 0 amide bonds. The van der Waals surface area contributed by atoms with Gasteiger partial charge in [0.2, 0.25) is 0 Å². The molecule has 0 unspecified atom stereocenters. The standard InChI is InChI=1S/C13H20BNO2.C2H6/c1-9-6-7-10(11(15)8-9)14-16-12(2,3)13(4,5)17-14;1-2/h6-8H,15H2,1-5H3;1-2H3. The predicted octanol–water partition coefficient (Wildman–Crippen LogP) is 2.90. The van der Waals surface area contributed by atoms with Crippen molar-refractivity contribution in [2.45, 2.75) is 59.7 Å². The topological polar surface area (TPSA) is 44.5 Å². The maximum Gasteiger partial charge on any atom is 0.496 e. The smallest absolute Gasteiger partial charge is 0.399 e. The molecule has 4 heteroatoms. The lowest BCUT2D eigenvalue weighted by Crippen LogP contribution is -2.41. The quantitative estimate of drug-likeness (QED) is 0.626. The van der Waals surface area contributed by atoms with Gasteiger partial charge in [-0.3, -0.25) is 0 Å². The Balaban J connectivity index is 0.000000861. The monoisotopic (exact) mass is 263 g/mol. The average molecular weight is 263 g/mol. The summed E-state index contributed by atoms with van der Waals surface area (Å²) in [5.41, 5.74) is 8.15.